The summed E-state index contributed by atoms with van der Waals surface area (Å²) in [5, 5.41) is 9.17. The van der Waals surface area contributed by atoms with Gasteiger partial charge in [0.1, 0.15) is 0 Å². The third kappa shape index (κ3) is 5.02. The molecular formula is C14H19BrO5. The van der Waals surface area contributed by atoms with Crippen LogP contribution in [-0.4, -0.2) is 30.4 Å². The summed E-state index contributed by atoms with van der Waals surface area (Å²) >= 11 is 3.34. The summed E-state index contributed by atoms with van der Waals surface area (Å²) in [4.78, 5) is 11.5. The highest BCUT2D eigenvalue weighted by Gasteiger charge is 2.14. The maximum Gasteiger partial charge on any atom is 0.344 e. The molecule has 1 aromatic carbocycles. The van der Waals surface area contributed by atoms with Gasteiger partial charge in [-0.05, 0) is 54.4 Å². The molecule has 0 heterocycles. The molecule has 0 unspecified atom stereocenters. The average molecular weight is 347 g/mol. The molecule has 1 aromatic rings. The molecule has 0 spiro atoms. The van der Waals surface area contributed by atoms with Gasteiger partial charge in [-0.25, -0.2) is 4.79 Å². The summed E-state index contributed by atoms with van der Waals surface area (Å²) in [6, 6.07) is 3.39. The number of halogens is 1. The molecule has 1 rings (SSSR count). The van der Waals surface area contributed by atoms with Crippen LogP contribution in [0.4, 0.5) is 0 Å². The van der Waals surface area contributed by atoms with Crippen LogP contribution in [0.5, 0.6) is 11.5 Å². The van der Waals surface area contributed by atoms with E-state index in [-0.39, 0.29) is 19.3 Å². The largest absolute Gasteiger partial charge is 0.490 e. The number of carbonyl (C=O) groups excluding carboxylic acids is 1. The van der Waals surface area contributed by atoms with E-state index in [1.54, 1.807) is 26.0 Å². The Morgan fingerprint density at radius 3 is 2.60 bits per heavy atom. The molecule has 1 N–H and O–H groups in total. The number of hydrogen-bond acceptors (Lipinski definition) is 5. The monoisotopic (exact) mass is 346 g/mol. The topological polar surface area (TPSA) is 65.0 Å². The van der Waals surface area contributed by atoms with E-state index in [4.69, 9.17) is 14.2 Å². The van der Waals surface area contributed by atoms with E-state index in [1.165, 1.54) is 0 Å². The van der Waals surface area contributed by atoms with Gasteiger partial charge in [0.25, 0.3) is 0 Å². The quantitative estimate of drug-likeness (QED) is 0.769. The summed E-state index contributed by atoms with van der Waals surface area (Å²) < 4.78 is 16.5. The zero-order valence-electron chi connectivity index (χ0n) is 11.8. The number of rotatable bonds is 7. The number of benzene rings is 1. The minimum atomic E-state index is -0.444. The second kappa shape index (κ2) is 8.11. The van der Waals surface area contributed by atoms with Gasteiger partial charge in [0.05, 0.1) is 23.8 Å². The van der Waals surface area contributed by atoms with Gasteiger partial charge in [-0.2, -0.15) is 0 Å². The number of aliphatic hydroxyl groups is 1. The fourth-order valence-electron chi connectivity index (χ4n) is 1.54. The smallest absolute Gasteiger partial charge is 0.344 e. The van der Waals surface area contributed by atoms with Crippen LogP contribution >= 0.6 is 15.9 Å². The first-order valence-electron chi connectivity index (χ1n) is 6.36. The van der Waals surface area contributed by atoms with Crippen molar-refractivity contribution < 1.29 is 24.1 Å². The number of esters is 1. The van der Waals surface area contributed by atoms with E-state index >= 15 is 0 Å². The van der Waals surface area contributed by atoms with Crippen molar-refractivity contribution in [3.8, 4) is 11.5 Å². The molecule has 112 valence electrons. The second-order valence-corrected chi connectivity index (χ2v) is 5.18. The third-order valence-electron chi connectivity index (χ3n) is 2.25. The molecule has 0 saturated carbocycles. The SMILES string of the molecule is CCOc1cc(CO)cc(Br)c1OCC(=O)OC(C)C. The number of carbonyl (C=O) groups is 1. The van der Waals surface area contributed by atoms with Crippen LogP contribution in [0.25, 0.3) is 0 Å². The van der Waals surface area contributed by atoms with E-state index in [9.17, 15) is 9.90 Å². The molecule has 0 atom stereocenters. The lowest BCUT2D eigenvalue weighted by Crippen LogP contribution is -2.19. The molecule has 6 heteroatoms. The van der Waals surface area contributed by atoms with Gasteiger partial charge >= 0.3 is 5.97 Å². The molecule has 0 aromatic heterocycles. The zero-order chi connectivity index (χ0) is 15.1. The Morgan fingerprint density at radius 2 is 2.05 bits per heavy atom. The predicted molar refractivity (Wildman–Crippen MR) is 78.0 cm³/mol. The van der Waals surface area contributed by atoms with E-state index in [2.05, 4.69) is 15.9 Å². The lowest BCUT2D eigenvalue weighted by atomic mass is 10.2. The summed E-state index contributed by atoms with van der Waals surface area (Å²) in [5.74, 6) is 0.452. The number of ether oxygens (including phenoxy) is 3. The van der Waals surface area contributed by atoms with Crippen LogP contribution in [-0.2, 0) is 16.1 Å². The molecule has 0 aliphatic rings. The highest BCUT2D eigenvalue weighted by Crippen LogP contribution is 2.37. The van der Waals surface area contributed by atoms with Crippen LogP contribution in [0.15, 0.2) is 16.6 Å². The molecule has 0 bridgehead atoms. The van der Waals surface area contributed by atoms with Gasteiger partial charge in [0.2, 0.25) is 0 Å². The summed E-state index contributed by atoms with van der Waals surface area (Å²) in [5.41, 5.74) is 0.692. The Bertz CT molecular complexity index is 459. The molecule has 0 fully saturated rings. The highest BCUT2D eigenvalue weighted by molar-refractivity contribution is 9.10. The van der Waals surface area contributed by atoms with Gasteiger partial charge in [-0.3, -0.25) is 0 Å². The average Bonchev–Trinajstić information content (AvgIpc) is 2.36. The van der Waals surface area contributed by atoms with Crippen molar-refractivity contribution in [2.24, 2.45) is 0 Å². The van der Waals surface area contributed by atoms with E-state index in [0.717, 1.165) is 0 Å². The van der Waals surface area contributed by atoms with Gasteiger partial charge in [-0.1, -0.05) is 0 Å². The van der Waals surface area contributed by atoms with Crippen molar-refractivity contribution in [1.29, 1.82) is 0 Å². The van der Waals surface area contributed by atoms with Crippen molar-refractivity contribution in [3.05, 3.63) is 22.2 Å². The first-order valence-corrected chi connectivity index (χ1v) is 7.15. The maximum absolute atomic E-state index is 11.5. The number of aliphatic hydroxyl groups excluding tert-OH is 1. The minimum absolute atomic E-state index is 0.103. The lowest BCUT2D eigenvalue weighted by molar-refractivity contribution is -0.149. The third-order valence-corrected chi connectivity index (χ3v) is 2.84. The van der Waals surface area contributed by atoms with Gasteiger partial charge < -0.3 is 19.3 Å². The van der Waals surface area contributed by atoms with Crippen molar-refractivity contribution in [2.75, 3.05) is 13.2 Å². The summed E-state index contributed by atoms with van der Waals surface area (Å²) in [6.45, 7) is 5.54. The van der Waals surface area contributed by atoms with Crippen LogP contribution in [0, 0.1) is 0 Å². The fraction of sp³-hybridized carbons (Fsp3) is 0.500. The second-order valence-electron chi connectivity index (χ2n) is 4.32. The van der Waals surface area contributed by atoms with Crippen molar-refractivity contribution >= 4 is 21.9 Å². The minimum Gasteiger partial charge on any atom is -0.490 e. The van der Waals surface area contributed by atoms with Gasteiger partial charge in [0, 0.05) is 0 Å². The zero-order valence-corrected chi connectivity index (χ0v) is 13.4. The Balaban J connectivity index is 2.84. The Kier molecular flexibility index (Phi) is 6.81. The Hall–Kier alpha value is -1.27. The van der Waals surface area contributed by atoms with Crippen LogP contribution in [0.3, 0.4) is 0 Å². The van der Waals surface area contributed by atoms with Gasteiger partial charge in [-0.15, -0.1) is 0 Å². The van der Waals surface area contributed by atoms with Crippen molar-refractivity contribution in [3.63, 3.8) is 0 Å². The van der Waals surface area contributed by atoms with Crippen LogP contribution < -0.4 is 9.47 Å². The van der Waals surface area contributed by atoms with E-state index in [0.29, 0.717) is 28.1 Å². The molecular weight excluding hydrogens is 328 g/mol. The molecule has 5 nitrogen and oxygen atoms in total. The summed E-state index contributed by atoms with van der Waals surface area (Å²) in [7, 11) is 0. The van der Waals surface area contributed by atoms with E-state index < -0.39 is 5.97 Å². The first-order chi connectivity index (χ1) is 9.47. The van der Waals surface area contributed by atoms with Gasteiger partial charge in [0.15, 0.2) is 18.1 Å². The molecule has 20 heavy (non-hydrogen) atoms. The molecule has 0 aliphatic carbocycles. The van der Waals surface area contributed by atoms with E-state index in [1.807, 2.05) is 6.92 Å². The fourth-order valence-corrected chi connectivity index (χ4v) is 2.15. The van der Waals surface area contributed by atoms with Crippen LogP contribution in [0.1, 0.15) is 26.3 Å². The molecule has 0 aliphatic heterocycles. The highest BCUT2D eigenvalue weighted by atomic mass is 79.9. The van der Waals surface area contributed by atoms with Crippen molar-refractivity contribution in [1.82, 2.24) is 0 Å². The van der Waals surface area contributed by atoms with Crippen molar-refractivity contribution in [2.45, 2.75) is 33.5 Å². The maximum atomic E-state index is 11.5. The molecule has 0 amide bonds. The predicted octanol–water partition coefficient (Wildman–Crippen LogP) is 2.67. The molecule has 0 saturated heterocycles. The molecule has 0 radical (unpaired) electrons. The first kappa shape index (κ1) is 16.8. The Labute approximate surface area is 127 Å². The summed E-state index contributed by atoms with van der Waals surface area (Å²) in [6.07, 6.45) is -0.183. The number of hydrogen-bond donors (Lipinski definition) is 1. The van der Waals surface area contributed by atoms with Crippen LogP contribution in [0.2, 0.25) is 0 Å². The normalized spacial score (nSPS) is 10.5. The standard InChI is InChI=1S/C14H19BrO5/c1-4-18-12-6-10(7-16)5-11(15)14(12)19-8-13(17)20-9(2)3/h5-6,9,16H,4,7-8H2,1-3H3. The lowest BCUT2D eigenvalue weighted by Gasteiger charge is -2.15. The Morgan fingerprint density at radius 1 is 1.35 bits per heavy atom.